The first-order valence-corrected chi connectivity index (χ1v) is 9.72. The van der Waals surface area contributed by atoms with Gasteiger partial charge >= 0.3 is 0 Å². The summed E-state index contributed by atoms with van der Waals surface area (Å²) in [4.78, 5) is 12.1. The van der Waals surface area contributed by atoms with Crippen LogP contribution in [0.5, 0.6) is 11.5 Å². The van der Waals surface area contributed by atoms with Crippen molar-refractivity contribution in [2.45, 2.75) is 46.2 Å². The van der Waals surface area contributed by atoms with E-state index in [1.807, 2.05) is 37.3 Å². The molecule has 1 amide bonds. The molecular formula is C22H29ClN2O3. The highest BCUT2D eigenvalue weighted by Crippen LogP contribution is 2.33. The van der Waals surface area contributed by atoms with Gasteiger partial charge in [0.15, 0.2) is 18.1 Å². The van der Waals surface area contributed by atoms with Gasteiger partial charge in [0.1, 0.15) is 0 Å². The van der Waals surface area contributed by atoms with Crippen molar-refractivity contribution < 1.29 is 14.3 Å². The molecule has 0 unspecified atom stereocenters. The van der Waals surface area contributed by atoms with Crippen molar-refractivity contribution in [3.8, 4) is 11.5 Å². The third-order valence-electron chi connectivity index (χ3n) is 4.67. The van der Waals surface area contributed by atoms with Gasteiger partial charge in [-0.25, -0.2) is 0 Å². The topological polar surface area (TPSA) is 59.6 Å². The van der Waals surface area contributed by atoms with Crippen molar-refractivity contribution in [3.63, 3.8) is 0 Å². The summed E-state index contributed by atoms with van der Waals surface area (Å²) in [5.74, 6) is 0.723. The van der Waals surface area contributed by atoms with Crippen molar-refractivity contribution >= 4 is 23.2 Å². The summed E-state index contributed by atoms with van der Waals surface area (Å²) in [6.07, 6.45) is 0.999. The molecule has 0 atom stereocenters. The van der Waals surface area contributed by atoms with Crippen molar-refractivity contribution in [3.05, 3.63) is 52.5 Å². The second-order valence-corrected chi connectivity index (χ2v) is 7.80. The largest absolute Gasteiger partial charge is 0.493 e. The lowest BCUT2D eigenvalue weighted by Gasteiger charge is -2.25. The predicted octanol–water partition coefficient (Wildman–Crippen LogP) is 4.95. The Morgan fingerprint density at radius 3 is 2.43 bits per heavy atom. The fourth-order valence-corrected chi connectivity index (χ4v) is 2.64. The van der Waals surface area contributed by atoms with Crippen LogP contribution in [0.4, 0.5) is 5.69 Å². The molecule has 0 saturated carbocycles. The Morgan fingerprint density at radius 1 is 1.14 bits per heavy atom. The second-order valence-electron chi connectivity index (χ2n) is 7.39. The Labute approximate surface area is 172 Å². The van der Waals surface area contributed by atoms with E-state index in [9.17, 15) is 4.79 Å². The fraction of sp³-hybridized carbons (Fsp3) is 0.409. The molecule has 2 aromatic carbocycles. The van der Waals surface area contributed by atoms with E-state index in [0.29, 0.717) is 23.1 Å². The van der Waals surface area contributed by atoms with Gasteiger partial charge in [0.25, 0.3) is 5.91 Å². The first-order chi connectivity index (χ1) is 13.2. The molecule has 0 spiro atoms. The van der Waals surface area contributed by atoms with Crippen molar-refractivity contribution in [1.29, 1.82) is 0 Å². The molecule has 2 rings (SSSR count). The van der Waals surface area contributed by atoms with Gasteiger partial charge < -0.3 is 20.1 Å². The molecule has 2 N–H and O–H groups in total. The highest BCUT2D eigenvalue weighted by atomic mass is 35.5. The number of methoxy groups -OCH3 is 1. The quantitative estimate of drug-likeness (QED) is 0.620. The maximum Gasteiger partial charge on any atom is 0.262 e. The minimum absolute atomic E-state index is 0.0137. The van der Waals surface area contributed by atoms with Crippen molar-refractivity contribution in [2.24, 2.45) is 0 Å². The molecule has 0 aliphatic heterocycles. The number of anilines is 1. The van der Waals surface area contributed by atoms with Gasteiger partial charge in [-0.1, -0.05) is 36.2 Å². The standard InChI is InChI=1S/C22H29ClN2O3/c1-6-22(3,4)24-13-16-11-19(27-5)20(12-18(16)23)28-14-21(26)25-17-9-7-15(2)8-10-17/h7-12,24H,6,13-14H2,1-5H3,(H,25,26). The maximum atomic E-state index is 12.1. The molecule has 0 saturated heterocycles. The molecule has 0 fully saturated rings. The summed E-state index contributed by atoms with van der Waals surface area (Å²) in [7, 11) is 1.57. The van der Waals surface area contributed by atoms with E-state index in [1.54, 1.807) is 13.2 Å². The Morgan fingerprint density at radius 2 is 1.82 bits per heavy atom. The van der Waals surface area contributed by atoms with Gasteiger partial charge in [0, 0.05) is 28.9 Å². The van der Waals surface area contributed by atoms with Gasteiger partial charge in [-0.15, -0.1) is 0 Å². The molecule has 0 aliphatic rings. The smallest absolute Gasteiger partial charge is 0.262 e. The summed E-state index contributed by atoms with van der Waals surface area (Å²) in [6.45, 7) is 8.89. The Balaban J connectivity index is 2.01. The molecule has 28 heavy (non-hydrogen) atoms. The number of aryl methyl sites for hydroxylation is 1. The molecule has 0 aliphatic carbocycles. The highest BCUT2D eigenvalue weighted by molar-refractivity contribution is 6.31. The van der Waals surface area contributed by atoms with Gasteiger partial charge in [0.05, 0.1) is 7.11 Å². The minimum Gasteiger partial charge on any atom is -0.493 e. The van der Waals surface area contributed by atoms with Gasteiger partial charge in [-0.05, 0) is 51.0 Å². The molecule has 0 aromatic heterocycles. The molecule has 6 heteroatoms. The highest BCUT2D eigenvalue weighted by Gasteiger charge is 2.17. The second kappa shape index (κ2) is 9.80. The number of benzene rings is 2. The maximum absolute atomic E-state index is 12.1. The summed E-state index contributed by atoms with van der Waals surface area (Å²) in [5.41, 5.74) is 2.78. The molecule has 5 nitrogen and oxygen atoms in total. The summed E-state index contributed by atoms with van der Waals surface area (Å²) in [6, 6.07) is 11.1. The van der Waals surface area contributed by atoms with Gasteiger partial charge in [-0.2, -0.15) is 0 Å². The first-order valence-electron chi connectivity index (χ1n) is 9.35. The zero-order valence-electron chi connectivity index (χ0n) is 17.2. The molecule has 152 valence electrons. The zero-order valence-corrected chi connectivity index (χ0v) is 17.9. The van der Waals surface area contributed by atoms with Crippen LogP contribution in [-0.2, 0) is 11.3 Å². The number of hydrogen-bond acceptors (Lipinski definition) is 4. The Bertz CT molecular complexity index is 804. The lowest BCUT2D eigenvalue weighted by atomic mass is 10.0. The lowest BCUT2D eigenvalue weighted by Crippen LogP contribution is -2.37. The number of hydrogen-bond donors (Lipinski definition) is 2. The van der Waals surface area contributed by atoms with Crippen LogP contribution in [0.25, 0.3) is 0 Å². The number of nitrogens with one attached hydrogen (secondary N) is 2. The molecule has 0 bridgehead atoms. The van der Waals surface area contributed by atoms with Crippen molar-refractivity contribution in [2.75, 3.05) is 19.0 Å². The Kier molecular flexibility index (Phi) is 7.72. The van der Waals surface area contributed by atoms with Crippen LogP contribution in [0.2, 0.25) is 5.02 Å². The molecular weight excluding hydrogens is 376 g/mol. The minimum atomic E-state index is -0.252. The number of amides is 1. The molecule has 0 heterocycles. The number of halogens is 1. The molecule has 2 aromatic rings. The normalized spacial score (nSPS) is 11.2. The van der Waals surface area contributed by atoms with E-state index in [1.165, 1.54) is 0 Å². The lowest BCUT2D eigenvalue weighted by molar-refractivity contribution is -0.118. The summed E-state index contributed by atoms with van der Waals surface area (Å²) in [5, 5.41) is 6.84. The van der Waals surface area contributed by atoms with E-state index in [0.717, 1.165) is 23.2 Å². The SMILES string of the molecule is CCC(C)(C)NCc1cc(OC)c(OCC(=O)Nc2ccc(C)cc2)cc1Cl. The average Bonchev–Trinajstić information content (AvgIpc) is 2.67. The van der Waals surface area contributed by atoms with E-state index < -0.39 is 0 Å². The number of rotatable bonds is 9. The van der Waals surface area contributed by atoms with Crippen LogP contribution >= 0.6 is 11.6 Å². The number of carbonyl (C=O) groups is 1. The number of carbonyl (C=O) groups excluding carboxylic acids is 1. The summed E-state index contributed by atoms with van der Waals surface area (Å²) < 4.78 is 11.1. The third kappa shape index (κ3) is 6.43. The Hall–Kier alpha value is -2.24. The summed E-state index contributed by atoms with van der Waals surface area (Å²) >= 11 is 6.41. The van der Waals surface area contributed by atoms with Gasteiger partial charge in [0.2, 0.25) is 0 Å². The van der Waals surface area contributed by atoms with Crippen LogP contribution in [0.1, 0.15) is 38.3 Å². The first kappa shape index (κ1) is 22.1. The predicted molar refractivity (Wildman–Crippen MR) is 115 cm³/mol. The van der Waals surface area contributed by atoms with Gasteiger partial charge in [-0.3, -0.25) is 4.79 Å². The van der Waals surface area contributed by atoms with Crippen LogP contribution < -0.4 is 20.1 Å². The van der Waals surface area contributed by atoms with Crippen LogP contribution in [-0.4, -0.2) is 25.2 Å². The van der Waals surface area contributed by atoms with Crippen LogP contribution in [0.3, 0.4) is 0 Å². The van der Waals surface area contributed by atoms with E-state index in [2.05, 4.69) is 31.4 Å². The van der Waals surface area contributed by atoms with E-state index in [4.69, 9.17) is 21.1 Å². The van der Waals surface area contributed by atoms with E-state index >= 15 is 0 Å². The van der Waals surface area contributed by atoms with Crippen LogP contribution in [0, 0.1) is 6.92 Å². The third-order valence-corrected chi connectivity index (χ3v) is 5.02. The monoisotopic (exact) mass is 404 g/mol. The molecule has 0 radical (unpaired) electrons. The van der Waals surface area contributed by atoms with Crippen LogP contribution in [0.15, 0.2) is 36.4 Å². The van der Waals surface area contributed by atoms with Crippen molar-refractivity contribution in [1.82, 2.24) is 5.32 Å². The number of ether oxygens (including phenoxy) is 2. The van der Waals surface area contributed by atoms with E-state index in [-0.39, 0.29) is 18.1 Å². The average molecular weight is 405 g/mol. The zero-order chi connectivity index (χ0) is 20.7. The fourth-order valence-electron chi connectivity index (χ4n) is 2.42.